The summed E-state index contributed by atoms with van der Waals surface area (Å²) in [6.07, 6.45) is 0.310. The van der Waals surface area contributed by atoms with Crippen LogP contribution in [0.1, 0.15) is 65.2 Å². The molecular formula is C18H31O3P. The van der Waals surface area contributed by atoms with Crippen LogP contribution in [0.25, 0.3) is 0 Å². The predicted octanol–water partition coefficient (Wildman–Crippen LogP) is 5.66. The number of hydrogen-bond donors (Lipinski definition) is 0. The topological polar surface area (TPSA) is 35.5 Å². The van der Waals surface area contributed by atoms with Gasteiger partial charge in [0, 0.05) is 7.11 Å². The quantitative estimate of drug-likeness (QED) is 0.655. The zero-order chi connectivity index (χ0) is 17.2. The minimum Gasteiger partial charge on any atom is -0.312 e. The van der Waals surface area contributed by atoms with Crippen molar-refractivity contribution in [1.82, 2.24) is 0 Å². The molecular weight excluding hydrogens is 295 g/mol. The van der Waals surface area contributed by atoms with Gasteiger partial charge in [-0.25, -0.2) is 0 Å². The Bertz CT molecular complexity index is 518. The average molecular weight is 326 g/mol. The second-order valence-electron chi connectivity index (χ2n) is 7.79. The van der Waals surface area contributed by atoms with Crippen molar-refractivity contribution < 1.29 is 13.6 Å². The molecule has 1 unspecified atom stereocenters. The van der Waals surface area contributed by atoms with E-state index in [0.29, 0.717) is 12.8 Å². The molecule has 0 fully saturated rings. The summed E-state index contributed by atoms with van der Waals surface area (Å²) in [5.41, 5.74) is 3.58. The summed E-state index contributed by atoms with van der Waals surface area (Å²) in [6.45, 7) is 15.4. The van der Waals surface area contributed by atoms with E-state index in [1.54, 1.807) is 0 Å². The Balaban J connectivity index is 3.33. The van der Waals surface area contributed by atoms with E-state index in [4.69, 9.17) is 9.05 Å². The van der Waals surface area contributed by atoms with Crippen LogP contribution in [0.3, 0.4) is 0 Å². The fourth-order valence-corrected chi connectivity index (χ4v) is 3.58. The van der Waals surface area contributed by atoms with E-state index in [9.17, 15) is 4.57 Å². The molecule has 3 nitrogen and oxygen atoms in total. The maximum Gasteiger partial charge on any atom is 0.334 e. The SMILES string of the molecule is CCOP(=O)(Cc1cc(C(C)(C)C)cc(C(C)(C)C)c1)OC. The highest BCUT2D eigenvalue weighted by atomic mass is 31.2. The van der Waals surface area contributed by atoms with E-state index in [0.717, 1.165) is 5.56 Å². The molecule has 22 heavy (non-hydrogen) atoms. The molecule has 0 saturated carbocycles. The number of rotatable bonds is 5. The van der Waals surface area contributed by atoms with Crippen LogP contribution < -0.4 is 0 Å². The van der Waals surface area contributed by atoms with Crippen LogP contribution in [-0.2, 0) is 30.6 Å². The molecule has 1 atom stereocenters. The first kappa shape index (κ1) is 19.4. The summed E-state index contributed by atoms with van der Waals surface area (Å²) in [5, 5.41) is 0. The smallest absolute Gasteiger partial charge is 0.312 e. The lowest BCUT2D eigenvalue weighted by Gasteiger charge is -2.27. The molecule has 1 rings (SSSR count). The van der Waals surface area contributed by atoms with Gasteiger partial charge in [0.15, 0.2) is 0 Å². The standard InChI is InChI=1S/C18H31O3P/c1-9-21-22(19,20-8)13-14-10-15(17(2,3)4)12-16(11-14)18(5,6)7/h10-12H,9,13H2,1-8H3. The van der Waals surface area contributed by atoms with Crippen molar-refractivity contribution in [3.05, 3.63) is 34.9 Å². The van der Waals surface area contributed by atoms with Crippen LogP contribution in [0.15, 0.2) is 18.2 Å². The van der Waals surface area contributed by atoms with Crippen molar-refractivity contribution in [2.75, 3.05) is 13.7 Å². The molecule has 0 spiro atoms. The van der Waals surface area contributed by atoms with E-state index < -0.39 is 7.60 Å². The Labute approximate surface area is 136 Å². The lowest BCUT2D eigenvalue weighted by molar-refractivity contribution is 0.243. The van der Waals surface area contributed by atoms with Gasteiger partial charge >= 0.3 is 7.60 Å². The second kappa shape index (κ2) is 6.86. The summed E-state index contributed by atoms with van der Waals surface area (Å²) < 4.78 is 23.2. The fourth-order valence-electron chi connectivity index (χ4n) is 2.23. The lowest BCUT2D eigenvalue weighted by Crippen LogP contribution is -2.17. The highest BCUT2D eigenvalue weighted by molar-refractivity contribution is 7.53. The first-order valence-corrected chi connectivity index (χ1v) is 9.58. The third-order valence-corrected chi connectivity index (χ3v) is 5.67. The molecule has 0 saturated heterocycles. The Morgan fingerprint density at radius 2 is 1.41 bits per heavy atom. The van der Waals surface area contributed by atoms with Gasteiger partial charge in [-0.2, -0.15) is 0 Å². The molecule has 0 bridgehead atoms. The second-order valence-corrected chi connectivity index (χ2v) is 9.95. The van der Waals surface area contributed by atoms with E-state index >= 15 is 0 Å². The minimum atomic E-state index is -3.07. The summed E-state index contributed by atoms with van der Waals surface area (Å²) in [5.74, 6) is 0. The van der Waals surface area contributed by atoms with E-state index in [1.807, 2.05) is 6.92 Å². The van der Waals surface area contributed by atoms with Crippen molar-refractivity contribution in [2.24, 2.45) is 0 Å². The van der Waals surface area contributed by atoms with Crippen LogP contribution in [0.2, 0.25) is 0 Å². The molecule has 126 valence electrons. The largest absolute Gasteiger partial charge is 0.334 e. The molecule has 0 aliphatic carbocycles. The van der Waals surface area contributed by atoms with Crippen molar-refractivity contribution in [2.45, 2.75) is 65.5 Å². The van der Waals surface area contributed by atoms with Gasteiger partial charge in [0.1, 0.15) is 0 Å². The zero-order valence-electron chi connectivity index (χ0n) is 15.3. The molecule has 0 N–H and O–H groups in total. The summed E-state index contributed by atoms with van der Waals surface area (Å²) >= 11 is 0. The average Bonchev–Trinajstić information content (AvgIpc) is 2.36. The van der Waals surface area contributed by atoms with Crippen molar-refractivity contribution >= 4 is 7.60 Å². The zero-order valence-corrected chi connectivity index (χ0v) is 16.2. The highest BCUT2D eigenvalue weighted by Crippen LogP contribution is 2.51. The van der Waals surface area contributed by atoms with Crippen molar-refractivity contribution in [1.29, 1.82) is 0 Å². The normalized spacial score (nSPS) is 15.6. The van der Waals surface area contributed by atoms with Gasteiger partial charge in [-0.15, -0.1) is 0 Å². The van der Waals surface area contributed by atoms with E-state index in [2.05, 4.69) is 59.7 Å². The Morgan fingerprint density at radius 1 is 0.955 bits per heavy atom. The molecule has 1 aromatic rings. The molecule has 0 aromatic heterocycles. The molecule has 0 aliphatic heterocycles. The van der Waals surface area contributed by atoms with Gasteiger partial charge < -0.3 is 9.05 Å². The third kappa shape index (κ3) is 5.22. The first-order valence-electron chi connectivity index (χ1n) is 7.85. The van der Waals surface area contributed by atoms with Crippen LogP contribution in [-0.4, -0.2) is 13.7 Å². The highest BCUT2D eigenvalue weighted by Gasteiger charge is 2.26. The van der Waals surface area contributed by atoms with Gasteiger partial charge in [0.2, 0.25) is 0 Å². The molecule has 0 heterocycles. The van der Waals surface area contributed by atoms with Crippen LogP contribution in [0.5, 0.6) is 0 Å². The van der Waals surface area contributed by atoms with Crippen LogP contribution in [0.4, 0.5) is 0 Å². The monoisotopic (exact) mass is 326 g/mol. The molecule has 0 aliphatic rings. The first-order chi connectivity index (χ1) is 9.91. The molecule has 1 aromatic carbocycles. The molecule has 4 heteroatoms. The molecule has 0 radical (unpaired) electrons. The predicted molar refractivity (Wildman–Crippen MR) is 93.8 cm³/mol. The summed E-state index contributed by atoms with van der Waals surface area (Å²) in [6, 6.07) is 6.50. The Morgan fingerprint density at radius 3 is 1.73 bits per heavy atom. The lowest BCUT2D eigenvalue weighted by atomic mass is 9.80. The molecule has 0 amide bonds. The van der Waals surface area contributed by atoms with E-state index in [-0.39, 0.29) is 10.8 Å². The maximum atomic E-state index is 12.6. The van der Waals surface area contributed by atoms with Gasteiger partial charge in [-0.3, -0.25) is 4.57 Å². The van der Waals surface area contributed by atoms with Gasteiger partial charge in [0.25, 0.3) is 0 Å². The van der Waals surface area contributed by atoms with Crippen molar-refractivity contribution in [3.8, 4) is 0 Å². The number of hydrogen-bond acceptors (Lipinski definition) is 3. The summed E-state index contributed by atoms with van der Waals surface area (Å²) in [4.78, 5) is 0. The summed E-state index contributed by atoms with van der Waals surface area (Å²) in [7, 11) is -1.61. The maximum absolute atomic E-state index is 12.6. The van der Waals surface area contributed by atoms with Gasteiger partial charge in [-0.1, -0.05) is 59.7 Å². The van der Waals surface area contributed by atoms with Gasteiger partial charge in [-0.05, 0) is 34.4 Å². The third-order valence-electron chi connectivity index (χ3n) is 3.71. The number of benzene rings is 1. The Kier molecular flexibility index (Phi) is 6.06. The van der Waals surface area contributed by atoms with Gasteiger partial charge in [0.05, 0.1) is 12.8 Å². The van der Waals surface area contributed by atoms with Crippen LogP contribution in [0, 0.1) is 0 Å². The van der Waals surface area contributed by atoms with E-state index in [1.165, 1.54) is 18.2 Å². The minimum absolute atomic E-state index is 0.0404. The fraction of sp³-hybridized carbons (Fsp3) is 0.667. The van der Waals surface area contributed by atoms with Crippen LogP contribution >= 0.6 is 7.60 Å². The van der Waals surface area contributed by atoms with Crippen molar-refractivity contribution in [3.63, 3.8) is 0 Å². The Hall–Kier alpha value is -0.630.